The minimum Gasteiger partial charge on any atom is -0.497 e. The third-order valence-electron chi connectivity index (χ3n) is 2.85. The van der Waals surface area contributed by atoms with Crippen LogP contribution in [0.1, 0.15) is 5.56 Å². The summed E-state index contributed by atoms with van der Waals surface area (Å²) in [7, 11) is 3.20. The van der Waals surface area contributed by atoms with Crippen molar-refractivity contribution in [1.82, 2.24) is 5.32 Å². The minimum atomic E-state index is -0.626. The second kappa shape index (κ2) is 5.80. The highest BCUT2D eigenvalue weighted by atomic mass is 19.1. The lowest BCUT2D eigenvalue weighted by molar-refractivity contribution is 0.407. The number of benzene rings is 2. The molecule has 0 saturated heterocycles. The van der Waals surface area contributed by atoms with Crippen LogP contribution in [0, 0.1) is 11.6 Å². The molecule has 2 aromatic rings. The van der Waals surface area contributed by atoms with Crippen molar-refractivity contribution in [2.75, 3.05) is 14.2 Å². The first-order chi connectivity index (χ1) is 9.15. The van der Waals surface area contributed by atoms with Gasteiger partial charge < -0.3 is 10.1 Å². The Labute approximate surface area is 111 Å². The van der Waals surface area contributed by atoms with E-state index in [4.69, 9.17) is 4.74 Å². The summed E-state index contributed by atoms with van der Waals surface area (Å²) in [5.74, 6) is -1.08. The molecule has 2 aromatic carbocycles. The van der Waals surface area contributed by atoms with Crippen LogP contribution in [0.4, 0.5) is 8.78 Å². The van der Waals surface area contributed by atoms with E-state index in [1.165, 1.54) is 19.2 Å². The van der Waals surface area contributed by atoms with E-state index in [9.17, 15) is 8.78 Å². The third-order valence-corrected chi connectivity index (χ3v) is 2.85. The Morgan fingerprint density at radius 2 is 1.79 bits per heavy atom. The van der Waals surface area contributed by atoms with Gasteiger partial charge in [-0.15, -0.1) is 0 Å². The van der Waals surface area contributed by atoms with Gasteiger partial charge in [-0.25, -0.2) is 8.78 Å². The van der Waals surface area contributed by atoms with Crippen LogP contribution in [0.2, 0.25) is 0 Å². The van der Waals surface area contributed by atoms with Crippen molar-refractivity contribution in [3.63, 3.8) is 0 Å². The Kier molecular flexibility index (Phi) is 4.12. The molecule has 0 radical (unpaired) electrons. The minimum absolute atomic E-state index is 0.0289. The lowest BCUT2D eigenvalue weighted by Crippen LogP contribution is -2.05. The van der Waals surface area contributed by atoms with Crippen LogP contribution in [0.15, 0.2) is 36.4 Å². The maximum absolute atomic E-state index is 14.0. The summed E-state index contributed by atoms with van der Waals surface area (Å²) in [6.07, 6.45) is 0. The summed E-state index contributed by atoms with van der Waals surface area (Å²) < 4.78 is 32.8. The van der Waals surface area contributed by atoms with Gasteiger partial charge in [0, 0.05) is 18.7 Å². The van der Waals surface area contributed by atoms with Crippen molar-refractivity contribution in [3.05, 3.63) is 53.6 Å². The molecule has 0 bridgehead atoms. The number of methoxy groups -OCH3 is 1. The van der Waals surface area contributed by atoms with E-state index < -0.39 is 11.6 Å². The van der Waals surface area contributed by atoms with Gasteiger partial charge in [-0.05, 0) is 24.2 Å². The van der Waals surface area contributed by atoms with Crippen molar-refractivity contribution in [1.29, 1.82) is 0 Å². The van der Waals surface area contributed by atoms with Gasteiger partial charge >= 0.3 is 0 Å². The average molecular weight is 263 g/mol. The van der Waals surface area contributed by atoms with Crippen LogP contribution in [0.3, 0.4) is 0 Å². The Morgan fingerprint density at radius 3 is 2.37 bits per heavy atom. The van der Waals surface area contributed by atoms with Crippen LogP contribution >= 0.6 is 0 Å². The second-order valence-electron chi connectivity index (χ2n) is 4.20. The fourth-order valence-electron chi connectivity index (χ4n) is 1.98. The smallest absolute Gasteiger partial charge is 0.137 e. The van der Waals surface area contributed by atoms with Crippen LogP contribution in [-0.4, -0.2) is 14.2 Å². The zero-order valence-corrected chi connectivity index (χ0v) is 10.8. The largest absolute Gasteiger partial charge is 0.497 e. The topological polar surface area (TPSA) is 21.3 Å². The Balaban J connectivity index is 2.49. The molecule has 100 valence electrons. The lowest BCUT2D eigenvalue weighted by Gasteiger charge is -2.09. The highest BCUT2D eigenvalue weighted by Gasteiger charge is 2.14. The third kappa shape index (κ3) is 2.90. The fraction of sp³-hybridized carbons (Fsp3) is 0.200. The molecule has 0 heterocycles. The molecule has 0 aliphatic rings. The molecule has 0 aliphatic heterocycles. The van der Waals surface area contributed by atoms with Gasteiger partial charge in [0.2, 0.25) is 0 Å². The van der Waals surface area contributed by atoms with Crippen molar-refractivity contribution in [2.24, 2.45) is 0 Å². The first kappa shape index (κ1) is 13.5. The first-order valence-corrected chi connectivity index (χ1v) is 5.92. The van der Waals surface area contributed by atoms with E-state index in [-0.39, 0.29) is 11.3 Å². The molecule has 2 rings (SSSR count). The fourth-order valence-corrected chi connectivity index (χ4v) is 1.98. The molecule has 1 N–H and O–H groups in total. The second-order valence-corrected chi connectivity index (χ2v) is 4.20. The van der Waals surface area contributed by atoms with E-state index in [1.54, 1.807) is 18.2 Å². The molecule has 0 fully saturated rings. The van der Waals surface area contributed by atoms with E-state index in [2.05, 4.69) is 5.32 Å². The van der Waals surface area contributed by atoms with E-state index in [1.807, 2.05) is 13.1 Å². The van der Waals surface area contributed by atoms with E-state index in [0.29, 0.717) is 12.1 Å². The van der Waals surface area contributed by atoms with Crippen LogP contribution in [0.25, 0.3) is 11.1 Å². The van der Waals surface area contributed by atoms with Gasteiger partial charge in [0.15, 0.2) is 0 Å². The number of nitrogens with one attached hydrogen (secondary N) is 1. The van der Waals surface area contributed by atoms with Crippen LogP contribution in [0.5, 0.6) is 5.75 Å². The molecule has 0 unspecified atom stereocenters. The molecule has 0 amide bonds. The summed E-state index contributed by atoms with van der Waals surface area (Å²) in [6, 6.07) is 9.51. The highest BCUT2D eigenvalue weighted by Crippen LogP contribution is 2.30. The highest BCUT2D eigenvalue weighted by molar-refractivity contribution is 5.66. The number of hydrogen-bond donors (Lipinski definition) is 1. The zero-order chi connectivity index (χ0) is 13.8. The van der Waals surface area contributed by atoms with Crippen molar-refractivity contribution in [2.45, 2.75) is 6.54 Å². The van der Waals surface area contributed by atoms with E-state index >= 15 is 0 Å². The molecule has 4 heteroatoms. The van der Waals surface area contributed by atoms with Gasteiger partial charge in [0.25, 0.3) is 0 Å². The Bertz CT molecular complexity index is 561. The monoisotopic (exact) mass is 263 g/mol. The molecular weight excluding hydrogens is 248 g/mol. The van der Waals surface area contributed by atoms with Gasteiger partial charge in [-0.2, -0.15) is 0 Å². The summed E-state index contributed by atoms with van der Waals surface area (Å²) in [5.41, 5.74) is 1.46. The zero-order valence-electron chi connectivity index (χ0n) is 10.8. The number of ether oxygens (including phenoxy) is 1. The van der Waals surface area contributed by atoms with E-state index in [0.717, 1.165) is 5.56 Å². The molecule has 0 aromatic heterocycles. The summed E-state index contributed by atoms with van der Waals surface area (Å²) in [5, 5.41) is 3.00. The van der Waals surface area contributed by atoms with Crippen molar-refractivity contribution < 1.29 is 13.5 Å². The SMILES string of the molecule is CNCc1cccc(-c2c(F)cc(OC)cc2F)c1. The Morgan fingerprint density at radius 1 is 1.11 bits per heavy atom. The van der Waals surface area contributed by atoms with Crippen LogP contribution < -0.4 is 10.1 Å². The van der Waals surface area contributed by atoms with Gasteiger partial charge in [-0.3, -0.25) is 0 Å². The van der Waals surface area contributed by atoms with Gasteiger partial charge in [0.1, 0.15) is 17.4 Å². The molecule has 19 heavy (non-hydrogen) atoms. The summed E-state index contributed by atoms with van der Waals surface area (Å²) in [6.45, 7) is 0.646. The Hall–Kier alpha value is -1.94. The number of hydrogen-bond acceptors (Lipinski definition) is 2. The standard InChI is InChI=1S/C15H15F2NO/c1-18-9-10-4-3-5-11(6-10)15-13(16)7-12(19-2)8-14(15)17/h3-8,18H,9H2,1-2H3. The lowest BCUT2D eigenvalue weighted by atomic mass is 10.0. The number of rotatable bonds is 4. The predicted molar refractivity (Wildman–Crippen MR) is 71.1 cm³/mol. The molecule has 0 atom stereocenters. The van der Waals surface area contributed by atoms with Crippen molar-refractivity contribution in [3.8, 4) is 16.9 Å². The average Bonchev–Trinajstić information content (AvgIpc) is 2.38. The molecule has 2 nitrogen and oxygen atoms in total. The van der Waals surface area contributed by atoms with Crippen molar-refractivity contribution >= 4 is 0 Å². The van der Waals surface area contributed by atoms with Gasteiger partial charge in [-0.1, -0.05) is 18.2 Å². The quantitative estimate of drug-likeness (QED) is 0.913. The summed E-state index contributed by atoms with van der Waals surface area (Å²) in [4.78, 5) is 0. The van der Waals surface area contributed by atoms with Crippen LogP contribution in [-0.2, 0) is 6.54 Å². The molecular formula is C15H15F2NO. The molecule has 0 spiro atoms. The predicted octanol–water partition coefficient (Wildman–Crippen LogP) is 3.36. The summed E-state index contributed by atoms with van der Waals surface area (Å²) >= 11 is 0. The first-order valence-electron chi connectivity index (χ1n) is 5.92. The maximum atomic E-state index is 14.0. The maximum Gasteiger partial charge on any atom is 0.137 e. The number of halogens is 2. The molecule has 0 saturated carbocycles. The van der Waals surface area contributed by atoms with Gasteiger partial charge in [0.05, 0.1) is 12.7 Å². The molecule has 0 aliphatic carbocycles. The normalized spacial score (nSPS) is 10.5.